The number of carbonyl (C=O) groups is 5. The van der Waals surface area contributed by atoms with Crippen LogP contribution in [0.25, 0.3) is 10.8 Å². The largest absolute Gasteiger partial charge is 0.508 e. The first-order valence-corrected chi connectivity index (χ1v) is 18.2. The van der Waals surface area contributed by atoms with Gasteiger partial charge in [-0.15, -0.1) is 0 Å². The molecule has 0 unspecified atom stereocenters. The van der Waals surface area contributed by atoms with Crippen LogP contribution in [0, 0.1) is 6.92 Å². The van der Waals surface area contributed by atoms with Crippen LogP contribution < -0.4 is 21.7 Å². The monoisotopic (exact) mass is 737 g/mol. The lowest BCUT2D eigenvalue weighted by molar-refractivity contribution is -0.139. The lowest BCUT2D eigenvalue weighted by Crippen LogP contribution is -2.53. The van der Waals surface area contributed by atoms with E-state index in [0.29, 0.717) is 25.5 Å². The Morgan fingerprint density at radius 2 is 1.50 bits per heavy atom. The van der Waals surface area contributed by atoms with E-state index in [-0.39, 0.29) is 43.9 Å². The van der Waals surface area contributed by atoms with Gasteiger partial charge < -0.3 is 41.6 Å². The highest BCUT2D eigenvalue weighted by Crippen LogP contribution is 2.20. The number of benzene rings is 4. The topological polar surface area (TPSA) is 191 Å². The van der Waals surface area contributed by atoms with Crippen LogP contribution in [0.2, 0.25) is 0 Å². The SMILES string of the molecule is Cc1ccc(CCC(=O)N(C)[C@@H](Cc2ccc(O)cc2)C(=O)N[C@@H](C=O)CCCCNC(=O)[C@H](CO)NC(=O)[C@@H](N)Cc2cccc3ccccc23)cc1. The van der Waals surface area contributed by atoms with Gasteiger partial charge in [-0.05, 0) is 78.6 Å². The van der Waals surface area contributed by atoms with Gasteiger partial charge in [-0.1, -0.05) is 84.4 Å². The minimum atomic E-state index is -1.19. The van der Waals surface area contributed by atoms with Gasteiger partial charge in [0.05, 0.1) is 18.7 Å². The zero-order valence-electron chi connectivity index (χ0n) is 30.9. The van der Waals surface area contributed by atoms with Gasteiger partial charge in [0, 0.05) is 26.4 Å². The Morgan fingerprint density at radius 3 is 2.20 bits per heavy atom. The highest BCUT2D eigenvalue weighted by molar-refractivity contribution is 5.91. The molecule has 0 aliphatic rings. The third kappa shape index (κ3) is 12.2. The first kappa shape index (κ1) is 41.2. The summed E-state index contributed by atoms with van der Waals surface area (Å²) in [6.07, 6.45) is 2.97. The quantitative estimate of drug-likeness (QED) is 0.0590. The Kier molecular flexibility index (Phi) is 15.7. The number of hydrogen-bond acceptors (Lipinski definition) is 8. The lowest BCUT2D eigenvalue weighted by Gasteiger charge is -2.29. The van der Waals surface area contributed by atoms with Crippen LogP contribution in [-0.2, 0) is 43.2 Å². The molecule has 0 heterocycles. The van der Waals surface area contributed by atoms with Gasteiger partial charge in [-0.3, -0.25) is 19.2 Å². The first-order chi connectivity index (χ1) is 26.0. The number of aldehydes is 1. The Morgan fingerprint density at radius 1 is 0.815 bits per heavy atom. The van der Waals surface area contributed by atoms with Gasteiger partial charge in [0.15, 0.2) is 0 Å². The van der Waals surface area contributed by atoms with Gasteiger partial charge in [-0.2, -0.15) is 0 Å². The number of unbranched alkanes of at least 4 members (excludes halogenated alkanes) is 1. The Bertz CT molecular complexity index is 1860. The molecule has 7 N–H and O–H groups in total. The third-order valence-corrected chi connectivity index (χ3v) is 9.48. The first-order valence-electron chi connectivity index (χ1n) is 18.2. The Balaban J connectivity index is 1.24. The molecular formula is C42H51N5O7. The van der Waals surface area contributed by atoms with Crippen molar-refractivity contribution in [3.8, 4) is 5.75 Å². The third-order valence-electron chi connectivity index (χ3n) is 9.48. The highest BCUT2D eigenvalue weighted by Gasteiger charge is 2.29. The molecule has 0 aromatic heterocycles. The van der Waals surface area contributed by atoms with Crippen LogP contribution >= 0.6 is 0 Å². The van der Waals surface area contributed by atoms with E-state index < -0.39 is 48.5 Å². The van der Waals surface area contributed by atoms with Crippen molar-refractivity contribution in [1.29, 1.82) is 0 Å². The van der Waals surface area contributed by atoms with Gasteiger partial charge in [-0.25, -0.2) is 0 Å². The summed E-state index contributed by atoms with van der Waals surface area (Å²) < 4.78 is 0. The fourth-order valence-corrected chi connectivity index (χ4v) is 6.17. The summed E-state index contributed by atoms with van der Waals surface area (Å²) >= 11 is 0. The van der Waals surface area contributed by atoms with Crippen LogP contribution in [0.1, 0.15) is 47.9 Å². The molecular weight excluding hydrogens is 686 g/mol. The molecule has 286 valence electrons. The minimum absolute atomic E-state index is 0.0769. The number of nitrogens with two attached hydrogens (primary N) is 1. The molecule has 4 amide bonds. The molecule has 4 atom stereocenters. The van der Waals surface area contributed by atoms with E-state index in [9.17, 15) is 34.2 Å². The van der Waals surface area contributed by atoms with Crippen LogP contribution in [0.3, 0.4) is 0 Å². The standard InChI is InChI=1S/C42H51N5O7/c1-28-13-15-29(16-14-28)19-22-39(51)47(2)38(24-30-17-20-34(50)21-18-30)42(54)45-33(26-48)11-5-6-23-44-41(53)37(27-49)46-40(52)36(43)25-32-10-7-9-31-8-3-4-12-35(31)32/h3-4,7-10,12-18,20-21,26,33,36-38,49-50H,5-6,11,19,22-25,27,43H2,1-2H3,(H,44,53)(H,45,54)(H,46,52)/t33-,36+,37+,38+/m1/s1. The molecule has 0 saturated carbocycles. The van der Waals surface area contributed by atoms with Crippen molar-refractivity contribution >= 4 is 40.7 Å². The molecule has 0 fully saturated rings. The number of aromatic hydroxyl groups is 1. The van der Waals surface area contributed by atoms with E-state index in [4.69, 9.17) is 5.73 Å². The summed E-state index contributed by atoms with van der Waals surface area (Å²) in [5, 5.41) is 29.6. The van der Waals surface area contributed by atoms with Gasteiger partial charge in [0.1, 0.15) is 24.1 Å². The highest BCUT2D eigenvalue weighted by atomic mass is 16.3. The number of nitrogens with zero attached hydrogens (tertiary/aromatic N) is 1. The Hall–Kier alpha value is -5.59. The number of aryl methyl sites for hydroxylation is 2. The molecule has 0 spiro atoms. The van der Waals surface area contributed by atoms with Crippen LogP contribution in [-0.4, -0.2) is 89.4 Å². The fraction of sp³-hybridized carbons (Fsp3) is 0.357. The number of rotatable bonds is 20. The average molecular weight is 738 g/mol. The number of likely N-dealkylation sites (N-methyl/N-ethyl adjacent to an activating group) is 1. The van der Waals surface area contributed by atoms with Crippen molar-refractivity contribution < 1.29 is 34.2 Å². The molecule has 0 aliphatic heterocycles. The Labute approximate surface area is 316 Å². The molecule has 4 rings (SSSR count). The van der Waals surface area contributed by atoms with Crippen LogP contribution in [0.5, 0.6) is 5.75 Å². The van der Waals surface area contributed by atoms with E-state index in [0.717, 1.165) is 33.0 Å². The molecule has 4 aromatic rings. The van der Waals surface area contributed by atoms with Crippen molar-refractivity contribution in [3.05, 3.63) is 113 Å². The molecule has 0 bridgehead atoms. The van der Waals surface area contributed by atoms with E-state index in [1.54, 1.807) is 19.2 Å². The van der Waals surface area contributed by atoms with Crippen molar-refractivity contribution in [2.45, 2.75) is 76.0 Å². The summed E-state index contributed by atoms with van der Waals surface area (Å²) in [6.45, 7) is 1.57. The molecule has 0 radical (unpaired) electrons. The van der Waals surface area contributed by atoms with Crippen molar-refractivity contribution in [1.82, 2.24) is 20.9 Å². The minimum Gasteiger partial charge on any atom is -0.508 e. The second kappa shape index (κ2) is 20.6. The van der Waals surface area contributed by atoms with Gasteiger partial charge in [0.25, 0.3) is 0 Å². The number of phenolic OH excluding ortho intramolecular Hbond substituents is 1. The van der Waals surface area contributed by atoms with Gasteiger partial charge in [0.2, 0.25) is 23.6 Å². The lowest BCUT2D eigenvalue weighted by atomic mass is 9.98. The molecule has 12 heteroatoms. The molecule has 4 aromatic carbocycles. The normalized spacial score (nSPS) is 13.3. The number of phenols is 1. The molecule has 0 aliphatic carbocycles. The molecule has 54 heavy (non-hydrogen) atoms. The molecule has 12 nitrogen and oxygen atoms in total. The summed E-state index contributed by atoms with van der Waals surface area (Å²) in [6, 6.07) is 23.9. The van der Waals surface area contributed by atoms with E-state index in [2.05, 4.69) is 16.0 Å². The van der Waals surface area contributed by atoms with Gasteiger partial charge >= 0.3 is 0 Å². The number of fused-ring (bicyclic) bond motifs is 1. The van der Waals surface area contributed by atoms with Crippen LogP contribution in [0.4, 0.5) is 0 Å². The second-order valence-corrected chi connectivity index (χ2v) is 13.6. The van der Waals surface area contributed by atoms with Crippen molar-refractivity contribution in [2.75, 3.05) is 20.2 Å². The predicted molar refractivity (Wildman–Crippen MR) is 207 cm³/mol. The number of aliphatic hydroxyl groups is 1. The average Bonchev–Trinajstić information content (AvgIpc) is 3.18. The maximum atomic E-state index is 13.6. The van der Waals surface area contributed by atoms with E-state index in [1.165, 1.54) is 17.0 Å². The predicted octanol–water partition coefficient (Wildman–Crippen LogP) is 2.87. The smallest absolute Gasteiger partial charge is 0.244 e. The van der Waals surface area contributed by atoms with E-state index in [1.807, 2.05) is 73.7 Å². The number of nitrogens with one attached hydrogen (secondary N) is 3. The number of hydrogen-bond donors (Lipinski definition) is 6. The molecule has 0 saturated heterocycles. The van der Waals surface area contributed by atoms with Crippen molar-refractivity contribution in [3.63, 3.8) is 0 Å². The maximum absolute atomic E-state index is 13.6. The summed E-state index contributed by atoms with van der Waals surface area (Å²) in [4.78, 5) is 65.9. The summed E-state index contributed by atoms with van der Waals surface area (Å²) in [5.74, 6) is -1.77. The number of aliphatic hydroxyl groups excluding tert-OH is 1. The number of carbonyl (C=O) groups excluding carboxylic acids is 5. The fourth-order valence-electron chi connectivity index (χ4n) is 6.17. The maximum Gasteiger partial charge on any atom is 0.244 e. The van der Waals surface area contributed by atoms with E-state index >= 15 is 0 Å². The zero-order valence-corrected chi connectivity index (χ0v) is 30.9. The summed E-state index contributed by atoms with van der Waals surface area (Å²) in [7, 11) is 1.57. The number of amides is 4. The summed E-state index contributed by atoms with van der Waals surface area (Å²) in [5.41, 5.74) is 9.93. The zero-order chi connectivity index (χ0) is 39.0. The van der Waals surface area contributed by atoms with Crippen molar-refractivity contribution in [2.24, 2.45) is 5.73 Å². The second-order valence-electron chi connectivity index (χ2n) is 13.6. The van der Waals surface area contributed by atoms with Crippen LogP contribution in [0.15, 0.2) is 91.0 Å².